The van der Waals surface area contributed by atoms with E-state index in [4.69, 9.17) is 20.8 Å². The van der Waals surface area contributed by atoms with Gasteiger partial charge in [0.1, 0.15) is 11.6 Å². The fourth-order valence-electron chi connectivity index (χ4n) is 5.42. The minimum Gasteiger partial charge on any atom is -0.493 e. The maximum absolute atomic E-state index is 14.6. The minimum atomic E-state index is -0.453. The number of carbonyl (C=O) groups excluding carboxylic acids is 1. The van der Waals surface area contributed by atoms with Crippen molar-refractivity contribution in [2.75, 3.05) is 31.1 Å². The quantitative estimate of drug-likeness (QED) is 0.266. The van der Waals surface area contributed by atoms with Gasteiger partial charge in [-0.25, -0.2) is 10.2 Å². The van der Waals surface area contributed by atoms with E-state index >= 15 is 0 Å². The SMILES string of the molecule is CC(C)c1noc(N2CCC([C@H]3C[C@@]3(N)CCOc3ccc(CC(=O)N(N)CC4CC4)c(F)c3)CC2)n1. The van der Waals surface area contributed by atoms with Crippen LogP contribution < -0.4 is 21.2 Å². The highest BCUT2D eigenvalue weighted by atomic mass is 19.1. The molecule has 0 bridgehead atoms. The predicted molar refractivity (Wildman–Crippen MR) is 137 cm³/mol. The Bertz CT molecular complexity index is 1100. The zero-order valence-electron chi connectivity index (χ0n) is 21.9. The summed E-state index contributed by atoms with van der Waals surface area (Å²) >= 11 is 0. The summed E-state index contributed by atoms with van der Waals surface area (Å²) in [6, 6.07) is 5.27. The van der Waals surface area contributed by atoms with Crippen molar-refractivity contribution >= 4 is 11.9 Å². The number of ether oxygens (including phenoxy) is 1. The average Bonchev–Trinajstić information content (AvgIpc) is 3.75. The maximum Gasteiger partial charge on any atom is 0.324 e. The number of hydrazine groups is 1. The van der Waals surface area contributed by atoms with Crippen molar-refractivity contribution in [3.8, 4) is 5.75 Å². The van der Waals surface area contributed by atoms with Crippen LogP contribution in [0.5, 0.6) is 5.75 Å². The number of carbonyl (C=O) groups is 1. The summed E-state index contributed by atoms with van der Waals surface area (Å²) in [6.07, 6.45) is 5.98. The second-order valence-electron chi connectivity index (χ2n) is 11.5. The van der Waals surface area contributed by atoms with Gasteiger partial charge in [-0.15, -0.1) is 0 Å². The number of piperidine rings is 1. The van der Waals surface area contributed by atoms with E-state index in [-0.39, 0.29) is 23.8 Å². The first-order chi connectivity index (χ1) is 17.7. The first kappa shape index (κ1) is 25.9. The van der Waals surface area contributed by atoms with E-state index in [1.54, 1.807) is 12.1 Å². The molecule has 3 aliphatic rings. The van der Waals surface area contributed by atoms with Crippen molar-refractivity contribution in [3.63, 3.8) is 0 Å². The summed E-state index contributed by atoms with van der Waals surface area (Å²) in [5.74, 6) is 8.09. The summed E-state index contributed by atoms with van der Waals surface area (Å²) < 4.78 is 25.9. The van der Waals surface area contributed by atoms with Crippen LogP contribution in [0, 0.1) is 23.6 Å². The third-order valence-electron chi connectivity index (χ3n) is 8.18. The van der Waals surface area contributed by atoms with Crippen LogP contribution in [0.1, 0.15) is 69.7 Å². The molecule has 1 aromatic carbocycles. The van der Waals surface area contributed by atoms with Crippen LogP contribution in [-0.4, -0.2) is 52.8 Å². The molecule has 2 heterocycles. The van der Waals surface area contributed by atoms with Gasteiger partial charge in [-0.2, -0.15) is 4.98 Å². The molecular formula is C27H39FN6O3. The van der Waals surface area contributed by atoms with Crippen LogP contribution in [0.3, 0.4) is 0 Å². The Morgan fingerprint density at radius 2 is 2.05 bits per heavy atom. The van der Waals surface area contributed by atoms with Crippen LogP contribution in [0.4, 0.5) is 10.4 Å². The molecule has 10 heteroatoms. The van der Waals surface area contributed by atoms with Crippen LogP contribution >= 0.6 is 0 Å². The number of aromatic nitrogens is 2. The van der Waals surface area contributed by atoms with E-state index in [0.717, 1.165) is 57.4 Å². The van der Waals surface area contributed by atoms with Crippen molar-refractivity contribution in [2.24, 2.45) is 29.3 Å². The van der Waals surface area contributed by atoms with E-state index in [1.807, 2.05) is 0 Å². The van der Waals surface area contributed by atoms with Gasteiger partial charge in [-0.1, -0.05) is 25.1 Å². The molecule has 2 aromatic rings. The van der Waals surface area contributed by atoms with Crippen LogP contribution in [0.2, 0.25) is 0 Å². The Labute approximate surface area is 217 Å². The number of amides is 1. The monoisotopic (exact) mass is 514 g/mol. The Kier molecular flexibility index (Phi) is 7.40. The molecule has 1 aliphatic heterocycles. The van der Waals surface area contributed by atoms with E-state index in [2.05, 4.69) is 28.9 Å². The number of hydrogen-bond donors (Lipinski definition) is 2. The Balaban J connectivity index is 1.04. The fourth-order valence-corrected chi connectivity index (χ4v) is 5.42. The Morgan fingerprint density at radius 1 is 1.30 bits per heavy atom. The van der Waals surface area contributed by atoms with Crippen LogP contribution in [0.25, 0.3) is 0 Å². The van der Waals surface area contributed by atoms with Crippen molar-refractivity contribution < 1.29 is 18.4 Å². The lowest BCUT2D eigenvalue weighted by Crippen LogP contribution is -2.40. The fraction of sp³-hybridized carbons (Fsp3) is 0.667. The summed E-state index contributed by atoms with van der Waals surface area (Å²) in [7, 11) is 0. The predicted octanol–water partition coefficient (Wildman–Crippen LogP) is 3.39. The van der Waals surface area contributed by atoms with E-state index < -0.39 is 5.82 Å². The van der Waals surface area contributed by atoms with Gasteiger partial charge in [0.15, 0.2) is 5.82 Å². The van der Waals surface area contributed by atoms with E-state index in [0.29, 0.717) is 48.2 Å². The standard InChI is InChI=1S/C27H39FN6O3/c1-17(2)25-31-26(37-32-25)33-10-7-19(8-11-33)22-15-27(22,29)9-12-36-21-6-5-20(23(28)14-21)13-24(35)34(30)16-18-3-4-18/h5-6,14,17-19,22H,3-4,7-13,15-16,29-30H2,1-2H3/t22-,27+/m1/s1. The molecule has 202 valence electrons. The minimum absolute atomic E-state index is 0.0485. The summed E-state index contributed by atoms with van der Waals surface area (Å²) in [6.45, 7) is 6.87. The lowest BCUT2D eigenvalue weighted by molar-refractivity contribution is -0.131. The molecule has 0 radical (unpaired) electrons. The highest BCUT2D eigenvalue weighted by Crippen LogP contribution is 2.51. The van der Waals surface area contributed by atoms with E-state index in [1.165, 1.54) is 11.1 Å². The van der Waals surface area contributed by atoms with Gasteiger partial charge in [-0.05, 0) is 67.9 Å². The molecule has 0 spiro atoms. The molecule has 2 atom stereocenters. The summed E-state index contributed by atoms with van der Waals surface area (Å²) in [5, 5.41) is 5.29. The number of anilines is 1. The highest BCUT2D eigenvalue weighted by Gasteiger charge is 2.54. The first-order valence-corrected chi connectivity index (χ1v) is 13.6. The number of rotatable bonds is 11. The van der Waals surface area contributed by atoms with Crippen LogP contribution in [-0.2, 0) is 11.2 Å². The largest absolute Gasteiger partial charge is 0.493 e. The topological polar surface area (TPSA) is 124 Å². The smallest absolute Gasteiger partial charge is 0.324 e. The zero-order chi connectivity index (χ0) is 26.2. The van der Waals surface area contributed by atoms with Crippen molar-refractivity contribution in [1.82, 2.24) is 15.1 Å². The molecule has 4 N–H and O–H groups in total. The number of halogens is 1. The molecular weight excluding hydrogens is 475 g/mol. The molecule has 1 aromatic heterocycles. The lowest BCUT2D eigenvalue weighted by atomic mass is 9.89. The molecule has 2 saturated carbocycles. The second kappa shape index (κ2) is 10.6. The van der Waals surface area contributed by atoms with Gasteiger partial charge in [0, 0.05) is 37.2 Å². The summed E-state index contributed by atoms with van der Waals surface area (Å²) in [4.78, 5) is 18.9. The molecule has 1 saturated heterocycles. The first-order valence-electron chi connectivity index (χ1n) is 13.6. The molecule has 9 nitrogen and oxygen atoms in total. The Hall–Kier alpha value is -2.72. The van der Waals surface area contributed by atoms with Gasteiger partial charge in [0.25, 0.3) is 0 Å². The average molecular weight is 515 g/mol. The summed E-state index contributed by atoms with van der Waals surface area (Å²) in [5.41, 5.74) is 6.79. The third-order valence-corrected chi connectivity index (χ3v) is 8.18. The number of hydrogen-bond acceptors (Lipinski definition) is 8. The number of nitrogens with zero attached hydrogens (tertiary/aromatic N) is 4. The van der Waals surface area contributed by atoms with Gasteiger partial charge in [-0.3, -0.25) is 9.80 Å². The van der Waals surface area contributed by atoms with Gasteiger partial charge in [0.2, 0.25) is 5.91 Å². The maximum atomic E-state index is 14.6. The van der Waals surface area contributed by atoms with Crippen molar-refractivity contribution in [2.45, 2.75) is 70.3 Å². The number of nitrogens with two attached hydrogens (primary N) is 2. The van der Waals surface area contributed by atoms with Crippen LogP contribution in [0.15, 0.2) is 22.7 Å². The zero-order valence-corrected chi connectivity index (χ0v) is 21.9. The normalized spacial score (nSPS) is 23.9. The van der Waals surface area contributed by atoms with Crippen molar-refractivity contribution in [3.05, 3.63) is 35.4 Å². The van der Waals surface area contributed by atoms with Crippen molar-refractivity contribution in [1.29, 1.82) is 0 Å². The van der Waals surface area contributed by atoms with Gasteiger partial charge in [0.05, 0.1) is 13.0 Å². The third kappa shape index (κ3) is 6.23. The molecule has 3 fully saturated rings. The molecule has 37 heavy (non-hydrogen) atoms. The number of benzene rings is 1. The van der Waals surface area contributed by atoms with Gasteiger partial charge >= 0.3 is 6.01 Å². The molecule has 0 unspecified atom stereocenters. The Morgan fingerprint density at radius 3 is 2.70 bits per heavy atom. The molecule has 2 aliphatic carbocycles. The lowest BCUT2D eigenvalue weighted by Gasteiger charge is -2.31. The van der Waals surface area contributed by atoms with E-state index in [9.17, 15) is 9.18 Å². The highest BCUT2D eigenvalue weighted by molar-refractivity contribution is 5.78. The second-order valence-corrected chi connectivity index (χ2v) is 11.5. The molecule has 5 rings (SSSR count). The molecule has 1 amide bonds. The van der Waals surface area contributed by atoms with Gasteiger partial charge < -0.3 is 19.9 Å².